The maximum absolute atomic E-state index is 13.3. The van der Waals surface area contributed by atoms with Gasteiger partial charge in [0.05, 0.1) is 23.5 Å². The third-order valence-electron chi connectivity index (χ3n) is 6.22. The van der Waals surface area contributed by atoms with E-state index in [0.717, 1.165) is 36.2 Å². The Balaban J connectivity index is 1.43. The number of aromatic nitrogens is 1. The van der Waals surface area contributed by atoms with Crippen molar-refractivity contribution < 1.29 is 9.00 Å². The number of nitrogens with one attached hydrogen (secondary N) is 2. The molecule has 1 aliphatic carbocycles. The standard InChI is InChI=1S/C26H30N6O2S/c1-19(21-10-8-20(16-27)9-11-21)17-29-25(22-6-4-3-5-7-22)26(33)30-24-13-12-23(18-28-24)32-15-14-31(2)35(32)34/h4,6-13,18-19,25,29H,3,5,14-15,17H2,1-2H3,(H,28,30,33). The predicted octanol–water partition coefficient (Wildman–Crippen LogP) is 3.26. The van der Waals surface area contributed by atoms with E-state index in [1.54, 1.807) is 20.9 Å². The van der Waals surface area contributed by atoms with Crippen molar-refractivity contribution >= 4 is 28.6 Å². The Morgan fingerprint density at radius 2 is 2.00 bits per heavy atom. The second-order valence-corrected chi connectivity index (χ2v) is 10.3. The molecule has 4 rings (SSSR count). The maximum atomic E-state index is 13.3. The van der Waals surface area contributed by atoms with Crippen molar-refractivity contribution in [2.75, 3.05) is 36.3 Å². The van der Waals surface area contributed by atoms with E-state index in [9.17, 15) is 9.00 Å². The van der Waals surface area contributed by atoms with Gasteiger partial charge in [-0.2, -0.15) is 5.26 Å². The van der Waals surface area contributed by atoms with Crippen molar-refractivity contribution in [2.45, 2.75) is 31.7 Å². The van der Waals surface area contributed by atoms with Gasteiger partial charge in [-0.15, -0.1) is 0 Å². The van der Waals surface area contributed by atoms with Crippen LogP contribution in [0.3, 0.4) is 0 Å². The van der Waals surface area contributed by atoms with E-state index in [2.05, 4.69) is 40.8 Å². The Morgan fingerprint density at radius 1 is 1.20 bits per heavy atom. The molecule has 1 aromatic carbocycles. The SMILES string of the molecule is CC(CNC(C(=O)Nc1ccc(N2CCN(C)S2=O)cn1)C1=CCCC=C1)c1ccc(C#N)cc1. The minimum Gasteiger partial charge on any atom is -0.309 e. The van der Waals surface area contributed by atoms with Crippen molar-refractivity contribution in [3.63, 3.8) is 0 Å². The number of anilines is 2. The number of amides is 1. The molecule has 1 saturated heterocycles. The van der Waals surface area contributed by atoms with E-state index in [4.69, 9.17) is 5.26 Å². The molecular formula is C26H30N6O2S. The van der Waals surface area contributed by atoms with Crippen LogP contribution in [0.15, 0.2) is 66.4 Å². The fraction of sp³-hybridized carbons (Fsp3) is 0.346. The van der Waals surface area contributed by atoms with Gasteiger partial charge in [-0.25, -0.2) is 13.5 Å². The zero-order chi connectivity index (χ0) is 24.8. The number of carbonyl (C=O) groups excluding carboxylic acids is 1. The smallest absolute Gasteiger partial charge is 0.247 e. The van der Waals surface area contributed by atoms with Gasteiger partial charge in [0.1, 0.15) is 11.9 Å². The molecule has 2 N–H and O–H groups in total. The molecule has 0 radical (unpaired) electrons. The first-order valence-electron chi connectivity index (χ1n) is 11.7. The molecule has 2 aromatic rings. The van der Waals surface area contributed by atoms with E-state index < -0.39 is 17.2 Å². The van der Waals surface area contributed by atoms with E-state index in [1.165, 1.54) is 0 Å². The van der Waals surface area contributed by atoms with E-state index in [0.29, 0.717) is 24.5 Å². The predicted molar refractivity (Wildman–Crippen MR) is 139 cm³/mol. The topological polar surface area (TPSA) is 101 Å². The maximum Gasteiger partial charge on any atom is 0.247 e. The summed E-state index contributed by atoms with van der Waals surface area (Å²) in [6.45, 7) is 4.08. The number of pyridine rings is 1. The van der Waals surface area contributed by atoms with E-state index >= 15 is 0 Å². The minimum absolute atomic E-state index is 0.156. The van der Waals surface area contributed by atoms with Crippen LogP contribution in [0.5, 0.6) is 0 Å². The van der Waals surface area contributed by atoms with Gasteiger partial charge in [-0.05, 0) is 54.2 Å². The average Bonchev–Trinajstić information content (AvgIpc) is 3.23. The number of nitrogens with zero attached hydrogens (tertiary/aromatic N) is 4. The van der Waals surface area contributed by atoms with Crippen molar-refractivity contribution in [3.05, 3.63) is 77.5 Å². The quantitative estimate of drug-likeness (QED) is 0.592. The van der Waals surface area contributed by atoms with Gasteiger partial charge in [0, 0.05) is 26.7 Å². The highest BCUT2D eigenvalue weighted by atomic mass is 32.2. The van der Waals surface area contributed by atoms with Gasteiger partial charge >= 0.3 is 0 Å². The number of likely N-dealkylation sites (N-methyl/N-ethyl adjacent to an activating group) is 1. The third kappa shape index (κ3) is 6.03. The van der Waals surface area contributed by atoms with Crippen LogP contribution < -0.4 is 14.9 Å². The first kappa shape index (κ1) is 24.8. The summed E-state index contributed by atoms with van der Waals surface area (Å²) < 4.78 is 15.9. The Labute approximate surface area is 209 Å². The lowest BCUT2D eigenvalue weighted by Crippen LogP contribution is -2.43. The zero-order valence-electron chi connectivity index (χ0n) is 20.0. The van der Waals surface area contributed by atoms with Gasteiger partial charge in [0.2, 0.25) is 5.91 Å². The van der Waals surface area contributed by atoms with Gasteiger partial charge in [0.25, 0.3) is 0 Å². The molecule has 8 nitrogen and oxygen atoms in total. The molecule has 35 heavy (non-hydrogen) atoms. The first-order valence-corrected chi connectivity index (χ1v) is 12.8. The zero-order valence-corrected chi connectivity index (χ0v) is 20.8. The fourth-order valence-electron chi connectivity index (χ4n) is 4.09. The molecule has 2 aliphatic rings. The number of hydrogen-bond acceptors (Lipinski definition) is 5. The normalized spacial score (nSPS) is 19.6. The van der Waals surface area contributed by atoms with Crippen LogP contribution in [0.4, 0.5) is 11.5 Å². The highest BCUT2D eigenvalue weighted by Gasteiger charge is 2.27. The molecule has 1 aromatic heterocycles. The lowest BCUT2D eigenvalue weighted by molar-refractivity contribution is -0.117. The molecular weight excluding hydrogens is 460 g/mol. The molecule has 9 heteroatoms. The second-order valence-electron chi connectivity index (χ2n) is 8.74. The van der Waals surface area contributed by atoms with Crippen LogP contribution in [0.25, 0.3) is 0 Å². The summed E-state index contributed by atoms with van der Waals surface area (Å²) in [4.78, 5) is 17.7. The molecule has 1 aliphatic heterocycles. The number of benzene rings is 1. The molecule has 0 spiro atoms. The molecule has 3 unspecified atom stereocenters. The van der Waals surface area contributed by atoms with Gasteiger partial charge in [-0.1, -0.05) is 37.3 Å². The molecule has 2 heterocycles. The summed E-state index contributed by atoms with van der Waals surface area (Å²) in [5, 5.41) is 15.4. The van der Waals surface area contributed by atoms with Crippen molar-refractivity contribution in [1.82, 2.24) is 14.6 Å². The summed E-state index contributed by atoms with van der Waals surface area (Å²) in [5.74, 6) is 0.423. The molecule has 1 amide bonds. The second kappa shape index (κ2) is 11.4. The fourth-order valence-corrected chi connectivity index (χ4v) is 5.19. The first-order chi connectivity index (χ1) is 17.0. The van der Waals surface area contributed by atoms with Gasteiger partial charge in [0.15, 0.2) is 11.2 Å². The van der Waals surface area contributed by atoms with Crippen LogP contribution in [0.1, 0.15) is 36.8 Å². The Morgan fingerprint density at radius 3 is 2.60 bits per heavy atom. The van der Waals surface area contributed by atoms with E-state index in [1.807, 2.05) is 43.5 Å². The monoisotopic (exact) mass is 490 g/mol. The lowest BCUT2D eigenvalue weighted by atomic mass is 9.96. The minimum atomic E-state index is -1.21. The lowest BCUT2D eigenvalue weighted by Gasteiger charge is -2.23. The number of carbonyl (C=O) groups is 1. The summed E-state index contributed by atoms with van der Waals surface area (Å²) >= 11 is -1.21. The summed E-state index contributed by atoms with van der Waals surface area (Å²) in [6, 6.07) is 12.7. The average molecular weight is 491 g/mol. The molecule has 3 atom stereocenters. The number of nitriles is 1. The third-order valence-corrected chi connectivity index (χ3v) is 7.70. The van der Waals surface area contributed by atoms with Gasteiger partial charge < -0.3 is 10.6 Å². The van der Waals surface area contributed by atoms with Crippen LogP contribution in [0, 0.1) is 11.3 Å². The number of hydrogen-bond donors (Lipinski definition) is 2. The van der Waals surface area contributed by atoms with Crippen LogP contribution >= 0.6 is 0 Å². The number of allylic oxidation sites excluding steroid dienone is 2. The highest BCUT2D eigenvalue weighted by Crippen LogP contribution is 2.22. The van der Waals surface area contributed by atoms with Gasteiger partial charge in [-0.3, -0.25) is 9.10 Å². The van der Waals surface area contributed by atoms with E-state index in [-0.39, 0.29) is 11.8 Å². The Bertz CT molecular complexity index is 1170. The van der Waals surface area contributed by atoms with Crippen LogP contribution in [-0.2, 0) is 16.0 Å². The Kier molecular flexibility index (Phi) is 8.08. The van der Waals surface area contributed by atoms with Crippen molar-refractivity contribution in [1.29, 1.82) is 5.26 Å². The van der Waals surface area contributed by atoms with Crippen molar-refractivity contribution in [2.24, 2.45) is 0 Å². The number of rotatable bonds is 8. The summed E-state index contributed by atoms with van der Waals surface area (Å²) in [7, 11) is 1.82. The summed E-state index contributed by atoms with van der Waals surface area (Å²) in [6.07, 6.45) is 9.69. The molecule has 0 bridgehead atoms. The largest absolute Gasteiger partial charge is 0.309 e. The molecule has 1 fully saturated rings. The summed E-state index contributed by atoms with van der Waals surface area (Å²) in [5.41, 5.74) is 3.43. The molecule has 0 saturated carbocycles. The highest BCUT2D eigenvalue weighted by molar-refractivity contribution is 7.84. The Hall–Kier alpha value is -3.32. The van der Waals surface area contributed by atoms with Crippen LogP contribution in [-0.4, -0.2) is 52.1 Å². The van der Waals surface area contributed by atoms with Crippen LogP contribution in [0.2, 0.25) is 0 Å². The molecule has 182 valence electrons. The van der Waals surface area contributed by atoms with Crippen molar-refractivity contribution in [3.8, 4) is 6.07 Å².